The van der Waals surface area contributed by atoms with Gasteiger partial charge in [0, 0.05) is 42.2 Å². The second-order valence-electron chi connectivity index (χ2n) is 6.28. The van der Waals surface area contributed by atoms with Gasteiger partial charge >= 0.3 is 0 Å². The Hall–Kier alpha value is -2.28. The summed E-state index contributed by atoms with van der Waals surface area (Å²) in [7, 11) is 1.76. The van der Waals surface area contributed by atoms with Crippen LogP contribution in [0.5, 0.6) is 11.5 Å². The van der Waals surface area contributed by atoms with Crippen LogP contribution in [-0.2, 0) is 19.5 Å². The molecule has 7 heteroatoms. The van der Waals surface area contributed by atoms with E-state index < -0.39 is 0 Å². The predicted octanol–water partition coefficient (Wildman–Crippen LogP) is 3.04. The van der Waals surface area contributed by atoms with Crippen LogP contribution in [-0.4, -0.2) is 30.7 Å². The van der Waals surface area contributed by atoms with E-state index in [-0.39, 0.29) is 6.10 Å². The van der Waals surface area contributed by atoms with E-state index in [1.54, 1.807) is 18.4 Å². The first kappa shape index (κ1) is 18.5. The molecule has 1 aromatic carbocycles. The standard InChI is InChI=1S/C19H26N4O2S/c1-5-24-16-7-14-6-12(2)25-17(14)8-15(16)10-22-19(20-4)23-11-18-21-9-13(3)26-18/h7-9,12H,5-6,10-11H2,1-4H3,(H2,20,22,23). The Bertz CT molecular complexity index is 788. The van der Waals surface area contributed by atoms with Gasteiger partial charge in [-0.15, -0.1) is 11.3 Å². The lowest BCUT2D eigenvalue weighted by Crippen LogP contribution is -2.36. The maximum atomic E-state index is 5.89. The average molecular weight is 375 g/mol. The number of aryl methyl sites for hydroxylation is 1. The van der Waals surface area contributed by atoms with Crippen LogP contribution in [0.4, 0.5) is 0 Å². The van der Waals surface area contributed by atoms with Crippen molar-refractivity contribution in [2.24, 2.45) is 4.99 Å². The quantitative estimate of drug-likeness (QED) is 0.601. The van der Waals surface area contributed by atoms with Crippen molar-refractivity contribution in [3.8, 4) is 11.5 Å². The maximum absolute atomic E-state index is 5.89. The summed E-state index contributed by atoms with van der Waals surface area (Å²) in [5.41, 5.74) is 2.28. The highest BCUT2D eigenvalue weighted by Crippen LogP contribution is 2.35. The van der Waals surface area contributed by atoms with Crippen molar-refractivity contribution in [2.45, 2.75) is 46.4 Å². The minimum atomic E-state index is 0.221. The summed E-state index contributed by atoms with van der Waals surface area (Å²) in [6.07, 6.45) is 3.04. The number of ether oxygens (including phenoxy) is 2. The molecule has 1 unspecified atom stereocenters. The van der Waals surface area contributed by atoms with Gasteiger partial charge in [0.05, 0.1) is 13.2 Å². The zero-order chi connectivity index (χ0) is 18.5. The molecule has 2 N–H and O–H groups in total. The second kappa shape index (κ2) is 8.40. The normalized spacial score (nSPS) is 16.2. The van der Waals surface area contributed by atoms with Crippen molar-refractivity contribution in [3.05, 3.63) is 39.3 Å². The van der Waals surface area contributed by atoms with E-state index in [0.717, 1.165) is 34.5 Å². The number of hydrogen-bond donors (Lipinski definition) is 2. The molecule has 1 atom stereocenters. The van der Waals surface area contributed by atoms with Gasteiger partial charge in [-0.25, -0.2) is 4.98 Å². The van der Waals surface area contributed by atoms with Crippen LogP contribution < -0.4 is 20.1 Å². The number of rotatable bonds is 6. The molecule has 140 valence electrons. The van der Waals surface area contributed by atoms with E-state index in [4.69, 9.17) is 9.47 Å². The molecule has 0 saturated heterocycles. The van der Waals surface area contributed by atoms with Crippen LogP contribution in [0.3, 0.4) is 0 Å². The summed E-state index contributed by atoms with van der Waals surface area (Å²) in [6, 6.07) is 4.18. The van der Waals surface area contributed by atoms with Crippen molar-refractivity contribution in [1.82, 2.24) is 15.6 Å². The number of fused-ring (bicyclic) bond motifs is 1. The number of nitrogens with zero attached hydrogens (tertiary/aromatic N) is 2. The van der Waals surface area contributed by atoms with Crippen LogP contribution in [0.15, 0.2) is 23.3 Å². The molecular formula is C19H26N4O2S. The highest BCUT2D eigenvalue weighted by molar-refractivity contribution is 7.11. The Kier molecular flexibility index (Phi) is 5.98. The number of benzene rings is 1. The summed E-state index contributed by atoms with van der Waals surface area (Å²) in [6.45, 7) is 8.04. The minimum Gasteiger partial charge on any atom is -0.494 e. The van der Waals surface area contributed by atoms with E-state index in [0.29, 0.717) is 19.7 Å². The van der Waals surface area contributed by atoms with Crippen LogP contribution in [0, 0.1) is 6.92 Å². The molecule has 6 nitrogen and oxygen atoms in total. The molecule has 0 amide bonds. The molecule has 0 spiro atoms. The van der Waals surface area contributed by atoms with Gasteiger partial charge in [0.25, 0.3) is 0 Å². The predicted molar refractivity (Wildman–Crippen MR) is 105 cm³/mol. The summed E-state index contributed by atoms with van der Waals surface area (Å²) in [5.74, 6) is 2.59. The Balaban J connectivity index is 1.64. The largest absolute Gasteiger partial charge is 0.494 e. The third-order valence-electron chi connectivity index (χ3n) is 4.13. The molecule has 0 radical (unpaired) electrons. The van der Waals surface area contributed by atoms with Gasteiger partial charge in [-0.05, 0) is 32.9 Å². The van der Waals surface area contributed by atoms with Crippen LogP contribution in [0.1, 0.15) is 34.9 Å². The van der Waals surface area contributed by atoms with Gasteiger partial charge in [0.2, 0.25) is 0 Å². The van der Waals surface area contributed by atoms with Gasteiger partial charge < -0.3 is 20.1 Å². The lowest BCUT2D eigenvalue weighted by Gasteiger charge is -2.15. The number of aliphatic imine (C=N–C) groups is 1. The zero-order valence-electron chi connectivity index (χ0n) is 15.8. The number of nitrogens with one attached hydrogen (secondary N) is 2. The van der Waals surface area contributed by atoms with Crippen molar-refractivity contribution >= 4 is 17.3 Å². The summed E-state index contributed by atoms with van der Waals surface area (Å²) in [5, 5.41) is 7.68. The van der Waals surface area contributed by atoms with Gasteiger partial charge in [0.1, 0.15) is 22.6 Å². The van der Waals surface area contributed by atoms with Crippen LogP contribution in [0.2, 0.25) is 0 Å². The molecule has 0 aliphatic carbocycles. The second-order valence-corrected chi connectivity index (χ2v) is 7.60. The van der Waals surface area contributed by atoms with Crippen molar-refractivity contribution in [2.75, 3.05) is 13.7 Å². The molecule has 1 aliphatic heterocycles. The monoisotopic (exact) mass is 374 g/mol. The van der Waals surface area contributed by atoms with Gasteiger partial charge in [-0.1, -0.05) is 0 Å². The lowest BCUT2D eigenvalue weighted by molar-refractivity contribution is 0.254. The molecule has 1 aromatic heterocycles. The molecule has 2 heterocycles. The highest BCUT2D eigenvalue weighted by Gasteiger charge is 2.21. The molecule has 0 saturated carbocycles. The van der Waals surface area contributed by atoms with E-state index in [1.807, 2.05) is 13.1 Å². The third kappa shape index (κ3) is 4.46. The van der Waals surface area contributed by atoms with E-state index >= 15 is 0 Å². The Morgan fingerprint density at radius 3 is 2.88 bits per heavy atom. The fourth-order valence-corrected chi connectivity index (χ4v) is 3.68. The van der Waals surface area contributed by atoms with Gasteiger partial charge in [-0.3, -0.25) is 4.99 Å². The zero-order valence-corrected chi connectivity index (χ0v) is 16.6. The fourth-order valence-electron chi connectivity index (χ4n) is 2.95. The average Bonchev–Trinajstić information content (AvgIpc) is 3.19. The van der Waals surface area contributed by atoms with Crippen molar-refractivity contribution in [3.63, 3.8) is 0 Å². The summed E-state index contributed by atoms with van der Waals surface area (Å²) in [4.78, 5) is 9.85. The molecule has 1 aliphatic rings. The number of hydrogen-bond acceptors (Lipinski definition) is 5. The first-order chi connectivity index (χ1) is 12.6. The minimum absolute atomic E-state index is 0.221. The molecular weight excluding hydrogens is 348 g/mol. The lowest BCUT2D eigenvalue weighted by atomic mass is 10.1. The molecule has 2 aromatic rings. The smallest absolute Gasteiger partial charge is 0.191 e. The van der Waals surface area contributed by atoms with Gasteiger partial charge in [0.15, 0.2) is 5.96 Å². The topological polar surface area (TPSA) is 67.8 Å². The maximum Gasteiger partial charge on any atom is 0.191 e. The SMILES string of the molecule is CCOc1cc2c(cc1CNC(=NC)NCc1ncc(C)s1)OC(C)C2. The highest BCUT2D eigenvalue weighted by atomic mass is 32.1. The Morgan fingerprint density at radius 2 is 2.19 bits per heavy atom. The molecule has 0 fully saturated rings. The third-order valence-corrected chi connectivity index (χ3v) is 5.04. The summed E-state index contributed by atoms with van der Waals surface area (Å²) >= 11 is 1.68. The van der Waals surface area contributed by atoms with Gasteiger partial charge in [-0.2, -0.15) is 0 Å². The Morgan fingerprint density at radius 1 is 1.38 bits per heavy atom. The van der Waals surface area contributed by atoms with Crippen molar-refractivity contribution < 1.29 is 9.47 Å². The molecule has 26 heavy (non-hydrogen) atoms. The fraction of sp³-hybridized carbons (Fsp3) is 0.474. The van der Waals surface area contributed by atoms with E-state index in [2.05, 4.69) is 46.6 Å². The first-order valence-corrected chi connectivity index (χ1v) is 9.71. The van der Waals surface area contributed by atoms with Crippen molar-refractivity contribution in [1.29, 1.82) is 0 Å². The Labute approximate surface area is 158 Å². The van der Waals surface area contributed by atoms with E-state index in [9.17, 15) is 0 Å². The van der Waals surface area contributed by atoms with Crippen LogP contribution in [0.25, 0.3) is 0 Å². The number of aromatic nitrogens is 1. The summed E-state index contributed by atoms with van der Waals surface area (Å²) < 4.78 is 11.7. The molecule has 0 bridgehead atoms. The number of guanidine groups is 1. The van der Waals surface area contributed by atoms with Crippen LogP contribution >= 0.6 is 11.3 Å². The van der Waals surface area contributed by atoms with E-state index in [1.165, 1.54) is 10.4 Å². The number of thiazole rings is 1. The first-order valence-electron chi connectivity index (χ1n) is 8.90. The molecule has 3 rings (SSSR count).